The van der Waals surface area contributed by atoms with Crippen molar-refractivity contribution in [1.29, 1.82) is 5.26 Å². The minimum absolute atomic E-state index is 0.0372. The van der Waals surface area contributed by atoms with Crippen LogP contribution in [-0.2, 0) is 0 Å². The van der Waals surface area contributed by atoms with Crippen LogP contribution >= 0.6 is 0 Å². The second-order valence-corrected chi connectivity index (χ2v) is 17.3. The SMILES string of the molecule is N#CC([Se]c1ccccc1)=[As](c1ccccc1)(c1ccccc1)c1ccccc1. The summed E-state index contributed by atoms with van der Waals surface area (Å²) in [6.45, 7) is 0. The molecule has 1 nitrogen and oxygen atoms in total. The zero-order valence-electron chi connectivity index (χ0n) is 15.8. The number of nitrogens with zero attached hydrogens (tertiary/aromatic N) is 1. The number of hydrogen-bond acceptors (Lipinski definition) is 1. The Bertz CT molecular complexity index is 1060. The fraction of sp³-hybridized carbons (Fsp3) is 0. The standard InChI is InChI=1S/C26H20AsNSe/c28-21-26(29-25-19-11-4-12-20-25)27(22-13-5-1-6-14-22,23-15-7-2-8-16-23)24-17-9-3-10-18-24/h1-20H. The van der Waals surface area contributed by atoms with Crippen LogP contribution in [-0.4, -0.2) is 31.3 Å². The van der Waals surface area contributed by atoms with Crippen molar-refractivity contribution in [3.63, 3.8) is 0 Å². The molecule has 4 rings (SSSR count). The number of hydrogen-bond donors (Lipinski definition) is 0. The van der Waals surface area contributed by atoms with Gasteiger partial charge >= 0.3 is 181 Å². The Morgan fingerprint density at radius 2 is 0.897 bits per heavy atom. The van der Waals surface area contributed by atoms with Gasteiger partial charge in [0.1, 0.15) is 0 Å². The van der Waals surface area contributed by atoms with Gasteiger partial charge in [0.25, 0.3) is 0 Å². The van der Waals surface area contributed by atoms with Gasteiger partial charge in [0.05, 0.1) is 0 Å². The molecule has 0 radical (unpaired) electrons. The molecule has 0 aliphatic heterocycles. The predicted molar refractivity (Wildman–Crippen MR) is 126 cm³/mol. The third-order valence-corrected chi connectivity index (χ3v) is 18.7. The Kier molecular flexibility index (Phi) is 6.23. The molecule has 0 aliphatic carbocycles. The molecule has 0 saturated heterocycles. The van der Waals surface area contributed by atoms with Crippen LogP contribution in [0.4, 0.5) is 0 Å². The van der Waals surface area contributed by atoms with Crippen LogP contribution < -0.4 is 17.5 Å². The van der Waals surface area contributed by atoms with E-state index in [9.17, 15) is 5.26 Å². The summed E-state index contributed by atoms with van der Waals surface area (Å²) in [4.78, 5) is 0. The van der Waals surface area contributed by atoms with E-state index in [1.54, 1.807) is 0 Å². The summed E-state index contributed by atoms with van der Waals surface area (Å²) in [5.74, 6) is 0. The molecule has 0 spiro atoms. The molecule has 0 bridgehead atoms. The van der Waals surface area contributed by atoms with Crippen molar-refractivity contribution in [2.24, 2.45) is 0 Å². The number of benzene rings is 4. The van der Waals surface area contributed by atoms with Crippen molar-refractivity contribution < 1.29 is 0 Å². The summed E-state index contributed by atoms with van der Waals surface area (Å²) >= 11 is -3.17. The Labute approximate surface area is 180 Å². The molecule has 29 heavy (non-hydrogen) atoms. The molecule has 0 aliphatic rings. The molecule has 0 unspecified atom stereocenters. The topological polar surface area (TPSA) is 23.8 Å². The maximum absolute atomic E-state index is 10.5. The van der Waals surface area contributed by atoms with Crippen LogP contribution in [0, 0.1) is 11.3 Å². The van der Waals surface area contributed by atoms with E-state index >= 15 is 0 Å². The first-order valence-electron chi connectivity index (χ1n) is 9.42. The average molecular weight is 500 g/mol. The van der Waals surface area contributed by atoms with Crippen molar-refractivity contribution in [3.8, 4) is 6.07 Å². The van der Waals surface area contributed by atoms with E-state index in [0.29, 0.717) is 0 Å². The third-order valence-electron chi connectivity index (χ3n) is 4.79. The molecule has 140 valence electrons. The summed E-state index contributed by atoms with van der Waals surface area (Å²) in [7, 11) is 0. The van der Waals surface area contributed by atoms with E-state index < -0.39 is 13.1 Å². The van der Waals surface area contributed by atoms with Gasteiger partial charge in [0.2, 0.25) is 0 Å². The predicted octanol–water partition coefficient (Wildman–Crippen LogP) is 2.42. The van der Waals surface area contributed by atoms with Crippen molar-refractivity contribution in [1.82, 2.24) is 0 Å². The molecule has 0 saturated carbocycles. The van der Waals surface area contributed by atoms with Crippen LogP contribution in [0.5, 0.6) is 0 Å². The third kappa shape index (κ3) is 3.91. The van der Waals surface area contributed by atoms with E-state index in [-0.39, 0.29) is 15.0 Å². The molecular formula is C26H20AsNSe. The summed E-state index contributed by atoms with van der Waals surface area (Å²) in [6, 6.07) is 45.2. The Hall–Kier alpha value is -2.68. The van der Waals surface area contributed by atoms with Gasteiger partial charge in [0, 0.05) is 0 Å². The maximum atomic E-state index is 10.5. The van der Waals surface area contributed by atoms with Crippen molar-refractivity contribution in [2.75, 3.05) is 0 Å². The first kappa shape index (κ1) is 19.6. The summed E-state index contributed by atoms with van der Waals surface area (Å²) < 4.78 is 6.16. The molecule has 0 amide bonds. The van der Waals surface area contributed by atoms with Crippen LogP contribution in [0.2, 0.25) is 0 Å². The summed E-state index contributed by atoms with van der Waals surface area (Å²) in [5, 5.41) is 10.5. The monoisotopic (exact) mass is 501 g/mol. The van der Waals surface area contributed by atoms with E-state index in [1.165, 1.54) is 17.5 Å². The zero-order chi connectivity index (χ0) is 19.9. The molecular weight excluding hydrogens is 480 g/mol. The van der Waals surface area contributed by atoms with Crippen LogP contribution in [0.1, 0.15) is 0 Å². The normalized spacial score (nSPS) is 10.9. The van der Waals surface area contributed by atoms with Crippen LogP contribution in [0.3, 0.4) is 0 Å². The van der Waals surface area contributed by atoms with Gasteiger partial charge < -0.3 is 0 Å². The molecule has 4 aromatic carbocycles. The first-order chi connectivity index (χ1) is 14.4. The van der Waals surface area contributed by atoms with Gasteiger partial charge in [-0.05, 0) is 0 Å². The molecule has 0 N–H and O–H groups in total. The van der Waals surface area contributed by atoms with Gasteiger partial charge in [-0.15, -0.1) is 0 Å². The van der Waals surface area contributed by atoms with Crippen molar-refractivity contribution in [2.45, 2.75) is 0 Å². The van der Waals surface area contributed by atoms with E-state index in [0.717, 1.165) is 3.20 Å². The molecule has 4 aromatic rings. The van der Waals surface area contributed by atoms with Gasteiger partial charge in [-0.1, -0.05) is 0 Å². The molecule has 0 atom stereocenters. The van der Waals surface area contributed by atoms with Gasteiger partial charge in [0.15, 0.2) is 0 Å². The minimum atomic E-state index is -3.14. The molecule has 0 heterocycles. The fourth-order valence-corrected chi connectivity index (χ4v) is 18.6. The van der Waals surface area contributed by atoms with Crippen molar-refractivity contribution >= 4 is 48.8 Å². The zero-order valence-corrected chi connectivity index (χ0v) is 19.4. The number of rotatable bonds is 5. The average Bonchev–Trinajstić information content (AvgIpc) is 2.82. The fourth-order valence-electron chi connectivity index (χ4n) is 3.52. The van der Waals surface area contributed by atoms with Gasteiger partial charge in [-0.25, -0.2) is 0 Å². The van der Waals surface area contributed by atoms with E-state index in [2.05, 4.69) is 121 Å². The second kappa shape index (κ2) is 9.21. The number of nitriles is 1. The van der Waals surface area contributed by atoms with Gasteiger partial charge in [-0.3, -0.25) is 0 Å². The Balaban J connectivity index is 2.14. The van der Waals surface area contributed by atoms with Gasteiger partial charge in [-0.2, -0.15) is 0 Å². The van der Waals surface area contributed by atoms with E-state index in [4.69, 9.17) is 0 Å². The molecule has 3 heteroatoms. The molecule has 0 fully saturated rings. The summed E-state index contributed by atoms with van der Waals surface area (Å²) in [6.07, 6.45) is 0. The van der Waals surface area contributed by atoms with Crippen LogP contribution in [0.25, 0.3) is 0 Å². The Morgan fingerprint density at radius 3 is 1.24 bits per heavy atom. The molecule has 0 aromatic heterocycles. The van der Waals surface area contributed by atoms with Crippen LogP contribution in [0.15, 0.2) is 121 Å². The first-order valence-corrected chi connectivity index (χ1v) is 14.9. The van der Waals surface area contributed by atoms with Crippen molar-refractivity contribution in [3.05, 3.63) is 121 Å². The summed E-state index contributed by atoms with van der Waals surface area (Å²) in [5.41, 5.74) is 0. The quantitative estimate of drug-likeness (QED) is 0.387. The Morgan fingerprint density at radius 1 is 0.552 bits per heavy atom. The second-order valence-electron chi connectivity index (χ2n) is 6.51. The van der Waals surface area contributed by atoms with E-state index in [1.807, 2.05) is 6.07 Å².